The summed E-state index contributed by atoms with van der Waals surface area (Å²) in [5.41, 5.74) is 1.99. The zero-order valence-electron chi connectivity index (χ0n) is 8.29. The molecular weight excluding hydrogens is 178 g/mol. The number of nitrogens with one attached hydrogen (secondary N) is 1. The minimum Gasteiger partial charge on any atom is -0.481 e. The van der Waals surface area contributed by atoms with Gasteiger partial charge in [0.2, 0.25) is 0 Å². The van der Waals surface area contributed by atoms with Crippen molar-refractivity contribution in [2.75, 3.05) is 0 Å². The van der Waals surface area contributed by atoms with Gasteiger partial charge in [-0.2, -0.15) is 0 Å². The molecule has 1 unspecified atom stereocenters. The Kier molecular flexibility index (Phi) is 2.32. The van der Waals surface area contributed by atoms with E-state index >= 15 is 0 Å². The molecule has 0 saturated heterocycles. The van der Waals surface area contributed by atoms with Crippen molar-refractivity contribution in [1.82, 2.24) is 4.98 Å². The summed E-state index contributed by atoms with van der Waals surface area (Å²) in [6.45, 7) is 1.70. The number of aromatic amines is 1. The maximum Gasteiger partial charge on any atom is 0.312 e. The van der Waals surface area contributed by atoms with Crippen LogP contribution < -0.4 is 0 Å². The molecule has 0 spiro atoms. The van der Waals surface area contributed by atoms with Gasteiger partial charge in [0.1, 0.15) is 0 Å². The molecule has 1 aromatic rings. The number of carbonyl (C=O) groups is 1. The van der Waals surface area contributed by atoms with Crippen LogP contribution in [-0.4, -0.2) is 16.1 Å². The van der Waals surface area contributed by atoms with Crippen LogP contribution in [0.15, 0.2) is 12.1 Å². The van der Waals surface area contributed by atoms with Gasteiger partial charge in [-0.25, -0.2) is 0 Å². The van der Waals surface area contributed by atoms with Gasteiger partial charge in [-0.1, -0.05) is 0 Å². The van der Waals surface area contributed by atoms with Gasteiger partial charge in [0.05, 0.1) is 5.92 Å². The summed E-state index contributed by atoms with van der Waals surface area (Å²) >= 11 is 0. The van der Waals surface area contributed by atoms with Crippen LogP contribution in [0.5, 0.6) is 0 Å². The number of carboxylic acid groups (broad SMARTS) is 1. The molecule has 0 aromatic carbocycles. The summed E-state index contributed by atoms with van der Waals surface area (Å²) in [5.74, 6) is -0.366. The highest BCUT2D eigenvalue weighted by molar-refractivity contribution is 5.74. The average Bonchev–Trinajstić information content (AvgIpc) is 2.81. The van der Waals surface area contributed by atoms with Crippen LogP contribution in [0.2, 0.25) is 0 Å². The zero-order valence-corrected chi connectivity index (χ0v) is 8.29. The summed E-state index contributed by atoms with van der Waals surface area (Å²) in [6, 6.07) is 3.89. The van der Waals surface area contributed by atoms with E-state index in [-0.39, 0.29) is 0 Å². The fraction of sp³-hybridized carbons (Fsp3) is 0.545. The van der Waals surface area contributed by atoms with Crippen LogP contribution in [0.4, 0.5) is 0 Å². The number of hydrogen-bond acceptors (Lipinski definition) is 1. The Morgan fingerprint density at radius 1 is 1.64 bits per heavy atom. The summed E-state index contributed by atoms with van der Waals surface area (Å²) in [7, 11) is 0. The average molecular weight is 193 g/mol. The lowest BCUT2D eigenvalue weighted by molar-refractivity contribution is -0.138. The van der Waals surface area contributed by atoms with E-state index in [9.17, 15) is 4.79 Å². The first-order valence-electron chi connectivity index (χ1n) is 5.07. The van der Waals surface area contributed by atoms with Crippen molar-refractivity contribution in [3.63, 3.8) is 0 Å². The number of H-pyrrole nitrogens is 1. The van der Waals surface area contributed by atoms with Crippen LogP contribution in [0.25, 0.3) is 0 Å². The van der Waals surface area contributed by atoms with E-state index in [4.69, 9.17) is 5.11 Å². The van der Waals surface area contributed by atoms with Gasteiger partial charge in [0, 0.05) is 11.4 Å². The molecule has 1 heterocycles. The van der Waals surface area contributed by atoms with Gasteiger partial charge < -0.3 is 10.1 Å². The number of aromatic nitrogens is 1. The lowest BCUT2D eigenvalue weighted by Gasteiger charge is -2.02. The monoisotopic (exact) mass is 193 g/mol. The van der Waals surface area contributed by atoms with Crippen LogP contribution in [0, 0.1) is 5.92 Å². The number of rotatable bonds is 4. The minimum atomic E-state index is -0.773. The van der Waals surface area contributed by atoms with Crippen LogP contribution in [-0.2, 0) is 11.2 Å². The summed E-state index contributed by atoms with van der Waals surface area (Å²) in [4.78, 5) is 13.9. The smallest absolute Gasteiger partial charge is 0.312 e. The Bertz CT molecular complexity index is 339. The van der Waals surface area contributed by atoms with E-state index in [1.807, 2.05) is 12.1 Å². The molecule has 3 nitrogen and oxygen atoms in total. The molecule has 0 amide bonds. The molecule has 14 heavy (non-hydrogen) atoms. The molecule has 1 fully saturated rings. The Hall–Kier alpha value is -1.25. The van der Waals surface area contributed by atoms with Gasteiger partial charge in [0.25, 0.3) is 0 Å². The Morgan fingerprint density at radius 3 is 2.93 bits per heavy atom. The fourth-order valence-electron chi connectivity index (χ4n) is 1.60. The van der Waals surface area contributed by atoms with Crippen LogP contribution in [0.1, 0.15) is 37.1 Å². The van der Waals surface area contributed by atoms with Crippen LogP contribution in [0.3, 0.4) is 0 Å². The third-order valence-electron chi connectivity index (χ3n) is 2.81. The molecular formula is C11H15NO2. The normalized spacial score (nSPS) is 18.1. The van der Waals surface area contributed by atoms with E-state index in [2.05, 4.69) is 4.98 Å². The highest BCUT2D eigenvalue weighted by Gasteiger charge is 2.23. The molecule has 76 valence electrons. The zero-order chi connectivity index (χ0) is 10.1. The highest BCUT2D eigenvalue weighted by atomic mass is 16.4. The minimum absolute atomic E-state index is 0.428. The van der Waals surface area contributed by atoms with Crippen molar-refractivity contribution in [2.24, 2.45) is 5.92 Å². The van der Waals surface area contributed by atoms with E-state index in [1.54, 1.807) is 6.92 Å². The molecule has 1 atom stereocenters. The number of aliphatic carboxylic acids is 1. The van der Waals surface area contributed by atoms with E-state index in [0.717, 1.165) is 18.0 Å². The van der Waals surface area contributed by atoms with Crippen molar-refractivity contribution >= 4 is 5.97 Å². The predicted molar refractivity (Wildman–Crippen MR) is 53.3 cm³/mol. The molecule has 1 aliphatic carbocycles. The van der Waals surface area contributed by atoms with E-state index in [1.165, 1.54) is 18.5 Å². The fourth-order valence-corrected chi connectivity index (χ4v) is 1.60. The molecule has 0 radical (unpaired) electrons. The molecule has 1 aromatic heterocycles. The maximum absolute atomic E-state index is 10.7. The quantitative estimate of drug-likeness (QED) is 0.769. The second kappa shape index (κ2) is 3.48. The molecule has 1 saturated carbocycles. The highest BCUT2D eigenvalue weighted by Crippen LogP contribution is 2.32. The summed E-state index contributed by atoms with van der Waals surface area (Å²) < 4.78 is 0. The topological polar surface area (TPSA) is 53.1 Å². The Labute approximate surface area is 83.1 Å². The largest absolute Gasteiger partial charge is 0.481 e. The molecule has 2 N–H and O–H groups in total. The van der Waals surface area contributed by atoms with Crippen molar-refractivity contribution in [1.29, 1.82) is 0 Å². The van der Waals surface area contributed by atoms with Crippen molar-refractivity contribution in [3.05, 3.63) is 23.5 Å². The predicted octanol–water partition coefficient (Wildman–Crippen LogP) is 2.16. The van der Waals surface area contributed by atoms with Gasteiger partial charge >= 0.3 is 5.97 Å². The molecule has 1 aliphatic rings. The van der Waals surface area contributed by atoms with Gasteiger partial charge in [-0.05, 0) is 44.2 Å². The van der Waals surface area contributed by atoms with Gasteiger partial charge in [-0.15, -0.1) is 0 Å². The first-order valence-corrected chi connectivity index (χ1v) is 5.07. The first kappa shape index (κ1) is 9.31. The summed E-state index contributed by atoms with van der Waals surface area (Å²) in [6.07, 6.45) is 3.72. The van der Waals surface area contributed by atoms with Gasteiger partial charge in [-0.3, -0.25) is 4.79 Å². The number of carboxylic acids is 1. The Balaban J connectivity index is 2.04. The Morgan fingerprint density at radius 2 is 2.36 bits per heavy atom. The first-order chi connectivity index (χ1) is 6.66. The SMILES string of the molecule is CC(C(=O)O)c1ccc(CC2CC2)[nH]1. The van der Waals surface area contributed by atoms with E-state index in [0.29, 0.717) is 0 Å². The summed E-state index contributed by atoms with van der Waals surface area (Å²) in [5, 5.41) is 8.82. The molecule has 0 bridgehead atoms. The lowest BCUT2D eigenvalue weighted by atomic mass is 10.1. The standard InChI is InChI=1S/C11H15NO2/c1-7(11(13)14)10-5-4-9(12-10)6-8-2-3-8/h4-5,7-8,12H,2-3,6H2,1H3,(H,13,14). The maximum atomic E-state index is 10.7. The second-order valence-corrected chi connectivity index (χ2v) is 4.15. The number of hydrogen-bond donors (Lipinski definition) is 2. The third-order valence-corrected chi connectivity index (χ3v) is 2.81. The molecule has 2 rings (SSSR count). The van der Waals surface area contributed by atoms with Crippen molar-refractivity contribution in [3.8, 4) is 0 Å². The van der Waals surface area contributed by atoms with Gasteiger partial charge in [0.15, 0.2) is 0 Å². The van der Waals surface area contributed by atoms with E-state index < -0.39 is 11.9 Å². The second-order valence-electron chi connectivity index (χ2n) is 4.15. The van der Waals surface area contributed by atoms with Crippen LogP contribution >= 0.6 is 0 Å². The van der Waals surface area contributed by atoms with Crippen molar-refractivity contribution < 1.29 is 9.90 Å². The molecule has 3 heteroatoms. The van der Waals surface area contributed by atoms with Crippen molar-refractivity contribution in [2.45, 2.75) is 32.1 Å². The lowest BCUT2D eigenvalue weighted by Crippen LogP contribution is -2.07. The third kappa shape index (κ3) is 1.97. The molecule has 0 aliphatic heterocycles.